The second kappa shape index (κ2) is 6.59. The van der Waals surface area contributed by atoms with Gasteiger partial charge in [0, 0.05) is 19.2 Å². The second-order valence-corrected chi connectivity index (χ2v) is 8.02. The van der Waals surface area contributed by atoms with Crippen molar-refractivity contribution in [1.29, 1.82) is 0 Å². The van der Waals surface area contributed by atoms with E-state index in [0.717, 1.165) is 0 Å². The minimum atomic E-state index is -5.22. The summed E-state index contributed by atoms with van der Waals surface area (Å²) in [4.78, 5) is 25.2. The summed E-state index contributed by atoms with van der Waals surface area (Å²) in [6.07, 6.45) is -5.43. The second-order valence-electron chi connectivity index (χ2n) is 6.63. The Kier molecular flexibility index (Phi) is 4.53. The van der Waals surface area contributed by atoms with E-state index >= 15 is 0 Å². The maximum absolute atomic E-state index is 14.5. The van der Waals surface area contributed by atoms with Crippen molar-refractivity contribution in [2.75, 3.05) is 19.7 Å². The number of likely N-dealkylation sites (tertiary alicyclic amines) is 1. The van der Waals surface area contributed by atoms with Gasteiger partial charge in [-0.05, 0) is 6.42 Å². The van der Waals surface area contributed by atoms with Crippen molar-refractivity contribution in [3.8, 4) is 5.75 Å². The standard InChI is InChI=1S/C16H10ClF5N2O4S/c17-9-8-6(18)3-7(28-16(20,21)22)10(19)11(8)29-12(9)13(25)24-2-1-15(4-24)5-27-14(26)23-15/h3H,1-2,4-5H2,(H,23,26). The molecule has 1 aromatic heterocycles. The molecule has 1 spiro atoms. The average molecular weight is 457 g/mol. The summed E-state index contributed by atoms with van der Waals surface area (Å²) < 4.78 is 73.8. The van der Waals surface area contributed by atoms with Crippen molar-refractivity contribution < 1.29 is 41.0 Å². The number of alkyl halides is 3. The van der Waals surface area contributed by atoms with Crippen LogP contribution >= 0.6 is 22.9 Å². The number of rotatable bonds is 2. The number of hydrogen-bond acceptors (Lipinski definition) is 5. The molecule has 0 radical (unpaired) electrons. The maximum Gasteiger partial charge on any atom is 0.573 e. The van der Waals surface area contributed by atoms with Crippen molar-refractivity contribution in [3.63, 3.8) is 0 Å². The number of thiophene rings is 1. The zero-order chi connectivity index (χ0) is 21.1. The summed E-state index contributed by atoms with van der Waals surface area (Å²) in [6, 6.07) is 0.230. The third kappa shape index (κ3) is 3.44. The summed E-state index contributed by atoms with van der Waals surface area (Å²) in [5.41, 5.74) is -0.750. The van der Waals surface area contributed by atoms with E-state index in [1.807, 2.05) is 0 Å². The van der Waals surface area contributed by atoms with Gasteiger partial charge in [0.1, 0.15) is 17.3 Å². The van der Waals surface area contributed by atoms with Crippen LogP contribution in [0.3, 0.4) is 0 Å². The Labute approximate surface area is 168 Å². The van der Waals surface area contributed by atoms with E-state index in [0.29, 0.717) is 17.8 Å². The van der Waals surface area contributed by atoms with Crippen LogP contribution in [0.2, 0.25) is 5.02 Å². The molecular weight excluding hydrogens is 447 g/mol. The van der Waals surface area contributed by atoms with E-state index in [-0.39, 0.29) is 30.6 Å². The fourth-order valence-corrected chi connectivity index (χ4v) is 4.92. The van der Waals surface area contributed by atoms with Gasteiger partial charge in [0.25, 0.3) is 5.91 Å². The van der Waals surface area contributed by atoms with Gasteiger partial charge in [0.2, 0.25) is 0 Å². The van der Waals surface area contributed by atoms with Crippen molar-refractivity contribution in [2.45, 2.75) is 18.3 Å². The summed E-state index contributed by atoms with van der Waals surface area (Å²) in [7, 11) is 0. The molecule has 2 aliphatic heterocycles. The molecule has 29 heavy (non-hydrogen) atoms. The molecule has 1 unspecified atom stereocenters. The maximum atomic E-state index is 14.5. The lowest BCUT2D eigenvalue weighted by atomic mass is 10.0. The summed E-state index contributed by atoms with van der Waals surface area (Å²) >= 11 is 6.49. The number of ether oxygens (including phenoxy) is 2. The van der Waals surface area contributed by atoms with E-state index in [2.05, 4.69) is 10.1 Å². The third-order valence-electron chi connectivity index (χ3n) is 4.67. The number of carbonyl (C=O) groups is 2. The van der Waals surface area contributed by atoms with Crippen LogP contribution in [0, 0.1) is 11.6 Å². The van der Waals surface area contributed by atoms with E-state index < -0.39 is 56.4 Å². The Morgan fingerprint density at radius 2 is 2.10 bits per heavy atom. The number of alkyl carbamates (subject to hydrolysis) is 1. The van der Waals surface area contributed by atoms with Crippen LogP contribution in [0.1, 0.15) is 16.1 Å². The number of amides is 2. The lowest BCUT2D eigenvalue weighted by Crippen LogP contribution is -2.46. The van der Waals surface area contributed by atoms with Gasteiger partial charge in [-0.2, -0.15) is 0 Å². The van der Waals surface area contributed by atoms with Crippen LogP contribution in [0.25, 0.3) is 10.1 Å². The molecule has 2 amide bonds. The van der Waals surface area contributed by atoms with Crippen molar-refractivity contribution >= 4 is 45.0 Å². The molecule has 2 aromatic rings. The van der Waals surface area contributed by atoms with E-state index in [4.69, 9.17) is 16.3 Å². The first-order chi connectivity index (χ1) is 13.5. The van der Waals surface area contributed by atoms with Gasteiger partial charge in [0.05, 0.1) is 20.6 Å². The minimum Gasteiger partial charge on any atom is -0.447 e. The molecule has 4 rings (SSSR count). The summed E-state index contributed by atoms with van der Waals surface area (Å²) in [6.45, 7) is 0.382. The van der Waals surface area contributed by atoms with Crippen molar-refractivity contribution in [1.82, 2.24) is 10.2 Å². The van der Waals surface area contributed by atoms with Gasteiger partial charge in [-0.1, -0.05) is 11.6 Å². The van der Waals surface area contributed by atoms with E-state index in [1.54, 1.807) is 0 Å². The Hall–Kier alpha value is -2.34. The van der Waals surface area contributed by atoms with Crippen LogP contribution in [0.15, 0.2) is 6.07 Å². The Balaban J connectivity index is 1.69. The lowest BCUT2D eigenvalue weighted by Gasteiger charge is -2.21. The molecule has 2 saturated heterocycles. The van der Waals surface area contributed by atoms with Crippen LogP contribution in [0.4, 0.5) is 26.7 Å². The van der Waals surface area contributed by atoms with Gasteiger partial charge >= 0.3 is 12.5 Å². The number of nitrogens with zero attached hydrogens (tertiary/aromatic N) is 1. The highest BCUT2D eigenvalue weighted by molar-refractivity contribution is 7.21. The highest BCUT2D eigenvalue weighted by Crippen LogP contribution is 2.43. The van der Waals surface area contributed by atoms with Crippen LogP contribution in [0.5, 0.6) is 5.75 Å². The molecule has 2 fully saturated rings. The molecule has 6 nitrogen and oxygen atoms in total. The quantitative estimate of drug-likeness (QED) is 0.692. The van der Waals surface area contributed by atoms with Crippen LogP contribution in [-0.2, 0) is 4.74 Å². The molecule has 0 saturated carbocycles. The molecule has 0 aliphatic carbocycles. The van der Waals surface area contributed by atoms with Gasteiger partial charge in [-0.3, -0.25) is 4.79 Å². The smallest absolute Gasteiger partial charge is 0.447 e. The molecule has 1 N–H and O–H groups in total. The normalized spacial score (nSPS) is 21.7. The summed E-state index contributed by atoms with van der Waals surface area (Å²) in [5, 5.41) is 1.72. The molecule has 1 atom stereocenters. The number of hydrogen-bond donors (Lipinski definition) is 1. The molecule has 13 heteroatoms. The number of carbonyl (C=O) groups excluding carboxylic acids is 2. The molecular formula is C16H10ClF5N2O4S. The Morgan fingerprint density at radius 1 is 1.38 bits per heavy atom. The first-order valence-corrected chi connectivity index (χ1v) is 9.29. The SMILES string of the molecule is O=C1NC2(CCN(C(=O)c3sc4c(F)c(OC(F)(F)F)cc(F)c4c3Cl)C2)CO1. The third-order valence-corrected chi connectivity index (χ3v) is 6.33. The van der Waals surface area contributed by atoms with Gasteiger partial charge < -0.3 is 19.7 Å². The molecule has 2 aliphatic rings. The fraction of sp³-hybridized carbons (Fsp3) is 0.375. The fourth-order valence-electron chi connectivity index (χ4n) is 3.38. The van der Waals surface area contributed by atoms with Crippen molar-refractivity contribution in [3.05, 3.63) is 27.6 Å². The number of nitrogens with one attached hydrogen (secondary N) is 1. The zero-order valence-electron chi connectivity index (χ0n) is 14.2. The first-order valence-electron chi connectivity index (χ1n) is 8.10. The van der Waals surface area contributed by atoms with E-state index in [9.17, 15) is 31.5 Å². The first kappa shape index (κ1) is 20.0. The molecule has 0 bridgehead atoms. The lowest BCUT2D eigenvalue weighted by molar-refractivity contribution is -0.275. The highest BCUT2D eigenvalue weighted by atomic mass is 35.5. The highest BCUT2D eigenvalue weighted by Gasteiger charge is 2.47. The van der Waals surface area contributed by atoms with E-state index in [1.165, 1.54) is 4.90 Å². The molecule has 1 aromatic carbocycles. The number of cyclic esters (lactones) is 1. The predicted molar refractivity (Wildman–Crippen MR) is 91.2 cm³/mol. The molecule has 3 heterocycles. The predicted octanol–water partition coefficient (Wildman–Crippen LogP) is 4.06. The largest absolute Gasteiger partial charge is 0.573 e. The Bertz CT molecular complexity index is 1040. The average Bonchev–Trinajstić information content (AvgIpc) is 3.29. The Morgan fingerprint density at radius 3 is 2.72 bits per heavy atom. The number of benzene rings is 1. The van der Waals surface area contributed by atoms with Gasteiger partial charge in [0.15, 0.2) is 11.6 Å². The van der Waals surface area contributed by atoms with Crippen LogP contribution < -0.4 is 10.1 Å². The van der Waals surface area contributed by atoms with Crippen LogP contribution in [-0.4, -0.2) is 48.5 Å². The number of fused-ring (bicyclic) bond motifs is 1. The monoisotopic (exact) mass is 456 g/mol. The number of halogens is 6. The minimum absolute atomic E-state index is 0.0666. The summed E-state index contributed by atoms with van der Waals surface area (Å²) in [5.74, 6) is -4.74. The van der Waals surface area contributed by atoms with Crippen molar-refractivity contribution in [2.24, 2.45) is 0 Å². The van der Waals surface area contributed by atoms with Gasteiger partial charge in [-0.25, -0.2) is 13.6 Å². The topological polar surface area (TPSA) is 67.9 Å². The zero-order valence-corrected chi connectivity index (χ0v) is 15.7. The van der Waals surface area contributed by atoms with Gasteiger partial charge in [-0.15, -0.1) is 24.5 Å². The molecule has 156 valence electrons.